The molecule has 14 heteroatoms. The predicted molar refractivity (Wildman–Crippen MR) is 130 cm³/mol. The molecule has 1 amide bonds. The number of fused-ring (bicyclic) bond motifs is 1. The van der Waals surface area contributed by atoms with E-state index in [1.165, 1.54) is 13.1 Å². The van der Waals surface area contributed by atoms with Crippen LogP contribution in [0.2, 0.25) is 0 Å². The molecule has 1 aliphatic heterocycles. The van der Waals surface area contributed by atoms with E-state index >= 15 is 0 Å². The summed E-state index contributed by atoms with van der Waals surface area (Å²) < 4.78 is 80.4. The number of carbonyl (C=O) groups excluding carboxylic acids is 1. The molecule has 39 heavy (non-hydrogen) atoms. The van der Waals surface area contributed by atoms with Crippen molar-refractivity contribution in [3.63, 3.8) is 0 Å². The van der Waals surface area contributed by atoms with Crippen molar-refractivity contribution < 1.29 is 36.2 Å². The zero-order valence-corrected chi connectivity index (χ0v) is 21.3. The van der Waals surface area contributed by atoms with Gasteiger partial charge in [-0.2, -0.15) is 18.3 Å². The Kier molecular flexibility index (Phi) is 6.43. The molecule has 210 valence electrons. The lowest BCUT2D eigenvalue weighted by molar-refractivity contribution is -0.173. The van der Waals surface area contributed by atoms with Crippen LogP contribution in [0.1, 0.15) is 45.7 Å². The van der Waals surface area contributed by atoms with Crippen LogP contribution in [-0.2, 0) is 9.53 Å². The number of carbonyl (C=O) groups is 1. The molecule has 0 unspecified atom stereocenters. The van der Waals surface area contributed by atoms with Crippen LogP contribution in [0.25, 0.3) is 22.2 Å². The van der Waals surface area contributed by atoms with Crippen molar-refractivity contribution in [2.24, 2.45) is 5.41 Å². The summed E-state index contributed by atoms with van der Waals surface area (Å²) in [5.74, 6) is -4.21. The zero-order valence-electron chi connectivity index (χ0n) is 21.3. The van der Waals surface area contributed by atoms with Crippen LogP contribution in [0.4, 0.5) is 27.8 Å². The number of halogens is 5. The molecule has 1 spiro atoms. The third kappa shape index (κ3) is 5.21. The van der Waals surface area contributed by atoms with E-state index in [2.05, 4.69) is 15.4 Å². The highest BCUT2D eigenvalue weighted by Gasteiger charge is 2.50. The summed E-state index contributed by atoms with van der Waals surface area (Å²) in [4.78, 5) is 28.7. The third-order valence-corrected chi connectivity index (χ3v) is 7.07. The van der Waals surface area contributed by atoms with Gasteiger partial charge in [0.25, 0.3) is 5.92 Å². The van der Waals surface area contributed by atoms with Gasteiger partial charge in [0, 0.05) is 48.5 Å². The highest BCUT2D eigenvalue weighted by molar-refractivity contribution is 5.98. The SMILES string of the molecule is CC(=O)Nc1cc2c(-c3cc(OCC(C)(F)F)c(=O)n([C@@H](C)C(F)(F)F)n3)cn(C3CC4(COC4)C3)c2cn1. The van der Waals surface area contributed by atoms with Crippen molar-refractivity contribution in [2.75, 3.05) is 25.1 Å². The number of nitrogens with zero attached hydrogens (tertiary/aromatic N) is 4. The second-order valence-corrected chi connectivity index (χ2v) is 10.5. The summed E-state index contributed by atoms with van der Waals surface area (Å²) in [6.07, 6.45) is 0.0244. The molecule has 1 saturated carbocycles. The van der Waals surface area contributed by atoms with Crippen molar-refractivity contribution in [1.29, 1.82) is 0 Å². The molecule has 0 bridgehead atoms. The first-order valence-corrected chi connectivity index (χ1v) is 12.2. The Morgan fingerprint density at radius 2 is 1.95 bits per heavy atom. The molecule has 4 heterocycles. The van der Waals surface area contributed by atoms with Crippen LogP contribution in [0.5, 0.6) is 5.75 Å². The minimum atomic E-state index is -4.84. The van der Waals surface area contributed by atoms with Gasteiger partial charge in [-0.25, -0.2) is 18.4 Å². The maximum absolute atomic E-state index is 13.6. The number of ether oxygens (including phenoxy) is 2. The van der Waals surface area contributed by atoms with Crippen LogP contribution < -0.4 is 15.6 Å². The average Bonchev–Trinajstić information content (AvgIpc) is 3.13. The van der Waals surface area contributed by atoms with Crippen LogP contribution in [-0.4, -0.2) is 57.2 Å². The van der Waals surface area contributed by atoms with Crippen LogP contribution in [0.3, 0.4) is 0 Å². The largest absolute Gasteiger partial charge is 0.481 e. The summed E-state index contributed by atoms with van der Waals surface area (Å²) in [6.45, 7) is 2.71. The van der Waals surface area contributed by atoms with E-state index in [1.54, 1.807) is 12.3 Å². The molecule has 1 atom stereocenters. The molecule has 0 aromatic carbocycles. The monoisotopic (exact) mass is 555 g/mol. The molecule has 1 N–H and O–H groups in total. The van der Waals surface area contributed by atoms with Crippen LogP contribution in [0, 0.1) is 5.41 Å². The second kappa shape index (κ2) is 9.28. The van der Waals surface area contributed by atoms with Gasteiger partial charge in [-0.05, 0) is 25.8 Å². The number of rotatable bonds is 7. The van der Waals surface area contributed by atoms with Crippen LogP contribution in [0.15, 0.2) is 29.3 Å². The maximum atomic E-state index is 13.6. The first kappa shape index (κ1) is 27.0. The molecule has 1 aliphatic carbocycles. The zero-order chi connectivity index (χ0) is 28.3. The van der Waals surface area contributed by atoms with Gasteiger partial charge in [-0.15, -0.1) is 0 Å². The molecule has 9 nitrogen and oxygen atoms in total. The standard InChI is InChI=1S/C25H26F5N5O4/c1-13(25(28,29)30)35-22(37)20(39-10-23(3,26)27)5-18(33-35)17-9-34(15-6-24(7-15)11-38-12-24)19-8-31-21(4-16(17)19)32-14(2)36/h4-5,8-9,13,15H,6-7,10-12H2,1-3H3,(H,31,32,36)/t13-/m0/s1. The number of hydrogen-bond donors (Lipinski definition) is 1. The first-order valence-electron chi connectivity index (χ1n) is 12.2. The lowest BCUT2D eigenvalue weighted by atomic mass is 9.64. The Labute approximate surface area is 218 Å². The van der Waals surface area contributed by atoms with Gasteiger partial charge >= 0.3 is 11.7 Å². The van der Waals surface area contributed by atoms with E-state index in [1.807, 2.05) is 4.57 Å². The van der Waals surface area contributed by atoms with E-state index in [4.69, 9.17) is 9.47 Å². The molecule has 2 aliphatic rings. The number of aromatic nitrogens is 4. The molecule has 1 saturated heterocycles. The number of alkyl halides is 5. The Bertz CT molecular complexity index is 1480. The number of hydrogen-bond acceptors (Lipinski definition) is 6. The predicted octanol–water partition coefficient (Wildman–Crippen LogP) is 4.73. The van der Waals surface area contributed by atoms with Crippen molar-refractivity contribution in [2.45, 2.75) is 57.8 Å². The fourth-order valence-electron chi connectivity index (χ4n) is 5.00. The molecule has 3 aromatic rings. The third-order valence-electron chi connectivity index (χ3n) is 7.07. The fraction of sp³-hybridized carbons (Fsp3) is 0.520. The lowest BCUT2D eigenvalue weighted by Crippen LogP contribution is -2.52. The normalized spacial score (nSPS) is 18.1. The van der Waals surface area contributed by atoms with Gasteiger partial charge in [0.15, 0.2) is 12.4 Å². The molecule has 2 fully saturated rings. The number of anilines is 1. The Hall–Kier alpha value is -3.55. The van der Waals surface area contributed by atoms with Crippen molar-refractivity contribution in [3.05, 3.63) is 34.9 Å². The Morgan fingerprint density at radius 1 is 1.26 bits per heavy atom. The van der Waals surface area contributed by atoms with Gasteiger partial charge < -0.3 is 19.4 Å². The molecule has 5 rings (SSSR count). The average molecular weight is 556 g/mol. The highest BCUT2D eigenvalue weighted by atomic mass is 19.4. The van der Waals surface area contributed by atoms with E-state index in [0.29, 0.717) is 36.6 Å². The molecular formula is C25H26F5N5O4. The Balaban J connectivity index is 1.67. The van der Waals surface area contributed by atoms with E-state index < -0.39 is 36.1 Å². The summed E-state index contributed by atoms with van der Waals surface area (Å²) in [5, 5.41) is 7.06. The van der Waals surface area contributed by atoms with Gasteiger partial charge in [-0.1, -0.05) is 0 Å². The molecular weight excluding hydrogens is 529 g/mol. The van der Waals surface area contributed by atoms with Gasteiger partial charge in [0.1, 0.15) is 11.9 Å². The fourth-order valence-corrected chi connectivity index (χ4v) is 5.00. The molecule has 3 aromatic heterocycles. The van der Waals surface area contributed by atoms with E-state index in [-0.39, 0.29) is 33.6 Å². The topological polar surface area (TPSA) is 100 Å². The van der Waals surface area contributed by atoms with Crippen molar-refractivity contribution >= 4 is 22.6 Å². The number of amides is 1. The van der Waals surface area contributed by atoms with Gasteiger partial charge in [0.05, 0.1) is 30.6 Å². The summed E-state index contributed by atoms with van der Waals surface area (Å²) in [7, 11) is 0. The first-order chi connectivity index (χ1) is 18.2. The summed E-state index contributed by atoms with van der Waals surface area (Å²) in [5.41, 5.74) is -0.329. The minimum Gasteiger partial charge on any atom is -0.481 e. The second-order valence-electron chi connectivity index (χ2n) is 10.5. The van der Waals surface area contributed by atoms with Crippen molar-refractivity contribution in [1.82, 2.24) is 19.3 Å². The number of nitrogens with one attached hydrogen (secondary N) is 1. The van der Waals surface area contributed by atoms with Gasteiger partial charge in [0.2, 0.25) is 5.91 Å². The van der Waals surface area contributed by atoms with Crippen LogP contribution >= 0.6 is 0 Å². The minimum absolute atomic E-state index is 0.0491. The van der Waals surface area contributed by atoms with E-state index in [0.717, 1.165) is 25.8 Å². The quantitative estimate of drug-likeness (QED) is 0.424. The lowest BCUT2D eigenvalue weighted by Gasteiger charge is -2.53. The molecule has 0 radical (unpaired) electrons. The summed E-state index contributed by atoms with van der Waals surface area (Å²) in [6, 6.07) is 0.305. The van der Waals surface area contributed by atoms with Crippen molar-refractivity contribution in [3.8, 4) is 17.0 Å². The van der Waals surface area contributed by atoms with E-state index in [9.17, 15) is 31.5 Å². The summed E-state index contributed by atoms with van der Waals surface area (Å²) >= 11 is 0. The highest BCUT2D eigenvalue weighted by Crippen LogP contribution is 2.54. The van der Waals surface area contributed by atoms with Gasteiger partial charge in [-0.3, -0.25) is 9.59 Å². The maximum Gasteiger partial charge on any atom is 0.410 e. The number of pyridine rings is 1. The smallest absolute Gasteiger partial charge is 0.410 e. The Morgan fingerprint density at radius 3 is 2.51 bits per heavy atom.